The van der Waals surface area contributed by atoms with Gasteiger partial charge in [0.15, 0.2) is 0 Å². The van der Waals surface area contributed by atoms with Crippen molar-refractivity contribution in [3.63, 3.8) is 0 Å². The Labute approximate surface area is 163 Å². The third-order valence-electron chi connectivity index (χ3n) is 4.49. The molecule has 1 aliphatic rings. The van der Waals surface area contributed by atoms with Crippen molar-refractivity contribution in [2.45, 2.75) is 32.0 Å². The molecule has 1 fully saturated rings. The van der Waals surface area contributed by atoms with Gasteiger partial charge in [0, 0.05) is 29.7 Å². The Kier molecular flexibility index (Phi) is 5.51. The predicted octanol–water partition coefficient (Wildman–Crippen LogP) is 4.99. The second kappa shape index (κ2) is 8.37. The highest BCUT2D eigenvalue weighted by Gasteiger charge is 2.23. The van der Waals surface area contributed by atoms with Crippen LogP contribution < -0.4 is 16.0 Å². The smallest absolute Gasteiger partial charge is 0.319 e. The average Bonchev–Trinajstić information content (AvgIpc) is 3.36. The molecule has 1 saturated carbocycles. The molecule has 1 aromatic heterocycles. The van der Waals surface area contributed by atoms with E-state index in [0.717, 1.165) is 37.2 Å². The number of nitrogens with one attached hydrogen (secondary N) is 3. The lowest BCUT2D eigenvalue weighted by atomic mass is 10.1. The minimum atomic E-state index is -0.116. The van der Waals surface area contributed by atoms with Crippen LogP contribution in [0.5, 0.6) is 0 Å². The molecule has 4 rings (SSSR count). The van der Waals surface area contributed by atoms with Crippen molar-refractivity contribution in [1.82, 2.24) is 10.6 Å². The van der Waals surface area contributed by atoms with Crippen LogP contribution in [0.3, 0.4) is 0 Å². The molecule has 0 radical (unpaired) electrons. The Morgan fingerprint density at radius 1 is 0.963 bits per heavy atom. The number of hydrogen-bond acceptors (Lipinski definition) is 3. The van der Waals surface area contributed by atoms with Gasteiger partial charge >= 0.3 is 6.03 Å². The quantitative estimate of drug-likeness (QED) is 0.543. The van der Waals surface area contributed by atoms with Crippen LogP contribution in [-0.2, 0) is 13.1 Å². The van der Waals surface area contributed by atoms with Gasteiger partial charge in [-0.2, -0.15) is 0 Å². The molecule has 0 aliphatic heterocycles. The summed E-state index contributed by atoms with van der Waals surface area (Å²) in [4.78, 5) is 13.2. The molecule has 1 heterocycles. The van der Waals surface area contributed by atoms with Crippen molar-refractivity contribution >= 4 is 23.1 Å². The zero-order valence-corrected chi connectivity index (χ0v) is 15.9. The predicted molar refractivity (Wildman–Crippen MR) is 112 cm³/mol. The summed E-state index contributed by atoms with van der Waals surface area (Å²) in [5.41, 5.74) is 4.50. The first-order chi connectivity index (χ1) is 13.3. The number of carbonyl (C=O) groups is 1. The Morgan fingerprint density at radius 2 is 1.81 bits per heavy atom. The number of hydrogen-bond donors (Lipinski definition) is 3. The maximum atomic E-state index is 11.9. The van der Waals surface area contributed by atoms with Crippen molar-refractivity contribution in [3.05, 3.63) is 76.5 Å². The maximum absolute atomic E-state index is 11.9. The van der Waals surface area contributed by atoms with E-state index in [-0.39, 0.29) is 6.03 Å². The number of amides is 2. The van der Waals surface area contributed by atoms with Crippen molar-refractivity contribution in [1.29, 1.82) is 0 Å². The largest absolute Gasteiger partial charge is 0.335 e. The molecule has 0 unspecified atom stereocenters. The van der Waals surface area contributed by atoms with Gasteiger partial charge in [-0.05, 0) is 53.1 Å². The highest BCUT2D eigenvalue weighted by molar-refractivity contribution is 7.10. The molecule has 0 saturated heterocycles. The Hall–Kier alpha value is -2.63. The minimum absolute atomic E-state index is 0.116. The summed E-state index contributed by atoms with van der Waals surface area (Å²) >= 11 is 1.77. The fraction of sp³-hybridized carbons (Fsp3) is 0.227. The van der Waals surface area contributed by atoms with E-state index < -0.39 is 0 Å². The van der Waals surface area contributed by atoms with Gasteiger partial charge in [-0.25, -0.2) is 4.79 Å². The van der Waals surface area contributed by atoms with Crippen molar-refractivity contribution < 1.29 is 4.79 Å². The summed E-state index contributed by atoms with van der Waals surface area (Å²) in [5, 5.41) is 11.5. The summed E-state index contributed by atoms with van der Waals surface area (Å²) in [7, 11) is 0. The molecule has 0 atom stereocenters. The number of benzene rings is 2. The van der Waals surface area contributed by atoms with Gasteiger partial charge in [-0.15, -0.1) is 11.3 Å². The summed E-state index contributed by atoms with van der Waals surface area (Å²) in [6.45, 7) is 1.59. The average molecular weight is 378 g/mol. The van der Waals surface area contributed by atoms with Gasteiger partial charge in [-0.1, -0.05) is 42.5 Å². The van der Waals surface area contributed by atoms with Crippen LogP contribution in [0, 0.1) is 0 Å². The van der Waals surface area contributed by atoms with Crippen molar-refractivity contribution in [2.75, 3.05) is 5.32 Å². The fourth-order valence-electron chi connectivity index (χ4n) is 2.92. The Morgan fingerprint density at radius 3 is 2.63 bits per heavy atom. The molecule has 3 aromatic rings. The molecule has 2 amide bonds. The van der Waals surface area contributed by atoms with E-state index in [2.05, 4.69) is 57.7 Å². The van der Waals surface area contributed by atoms with Gasteiger partial charge in [0.2, 0.25) is 0 Å². The molecular weight excluding hydrogens is 354 g/mol. The molecule has 4 nitrogen and oxygen atoms in total. The molecular formula is C22H23N3OS. The maximum Gasteiger partial charge on any atom is 0.319 e. The topological polar surface area (TPSA) is 53.2 Å². The second-order valence-corrected chi connectivity index (χ2v) is 7.84. The van der Waals surface area contributed by atoms with Crippen LogP contribution in [0.25, 0.3) is 11.1 Å². The molecule has 27 heavy (non-hydrogen) atoms. The molecule has 5 heteroatoms. The number of rotatable bonds is 7. The number of urea groups is 1. The third-order valence-corrected chi connectivity index (χ3v) is 5.42. The molecule has 0 spiro atoms. The zero-order chi connectivity index (χ0) is 18.5. The fourth-order valence-corrected chi connectivity index (χ4v) is 3.79. The van der Waals surface area contributed by atoms with Gasteiger partial charge < -0.3 is 16.0 Å². The monoisotopic (exact) mass is 377 g/mol. The molecule has 0 bridgehead atoms. The van der Waals surface area contributed by atoms with E-state index in [1.54, 1.807) is 11.3 Å². The summed E-state index contributed by atoms with van der Waals surface area (Å²) in [6.07, 6.45) is 2.18. The lowest BCUT2D eigenvalue weighted by Gasteiger charge is -2.09. The van der Waals surface area contributed by atoms with E-state index in [9.17, 15) is 4.79 Å². The molecule has 138 valence electrons. The van der Waals surface area contributed by atoms with Gasteiger partial charge in [0.25, 0.3) is 0 Å². The SMILES string of the molecule is O=C(Nc1cccc(CNCc2cc(-c3ccccc3)cs2)c1)NC1CC1. The van der Waals surface area contributed by atoms with E-state index in [0.29, 0.717) is 6.04 Å². The van der Waals surface area contributed by atoms with Crippen LogP contribution in [0.4, 0.5) is 10.5 Å². The highest BCUT2D eigenvalue weighted by atomic mass is 32.1. The highest BCUT2D eigenvalue weighted by Crippen LogP contribution is 2.25. The number of anilines is 1. The summed E-state index contributed by atoms with van der Waals surface area (Å²) in [6, 6.07) is 20.9. The zero-order valence-electron chi connectivity index (χ0n) is 15.1. The summed E-state index contributed by atoms with van der Waals surface area (Å²) < 4.78 is 0. The van der Waals surface area contributed by atoms with Gasteiger partial charge in [0.05, 0.1) is 0 Å². The minimum Gasteiger partial charge on any atom is -0.335 e. The van der Waals surface area contributed by atoms with Gasteiger partial charge in [-0.3, -0.25) is 0 Å². The normalized spacial score (nSPS) is 13.3. The summed E-state index contributed by atoms with van der Waals surface area (Å²) in [5.74, 6) is 0. The molecule has 2 aromatic carbocycles. The molecule has 3 N–H and O–H groups in total. The first kappa shape index (κ1) is 17.8. The van der Waals surface area contributed by atoms with E-state index in [1.165, 1.54) is 16.0 Å². The first-order valence-electron chi connectivity index (χ1n) is 9.26. The van der Waals surface area contributed by atoms with E-state index in [1.807, 2.05) is 24.3 Å². The van der Waals surface area contributed by atoms with Crippen LogP contribution in [-0.4, -0.2) is 12.1 Å². The van der Waals surface area contributed by atoms with Crippen LogP contribution in [0.1, 0.15) is 23.3 Å². The third kappa shape index (κ3) is 5.18. The standard InChI is InChI=1S/C22H23N3OS/c26-22(24-19-9-10-19)25-20-8-4-5-16(11-20)13-23-14-21-12-18(15-27-21)17-6-2-1-3-7-17/h1-8,11-12,15,19,23H,9-10,13-14H2,(H2,24,25,26). The first-order valence-corrected chi connectivity index (χ1v) is 10.1. The number of thiophene rings is 1. The number of carbonyl (C=O) groups excluding carboxylic acids is 1. The Bertz CT molecular complexity index is 903. The van der Waals surface area contributed by atoms with Crippen molar-refractivity contribution in [3.8, 4) is 11.1 Å². The lowest BCUT2D eigenvalue weighted by Crippen LogP contribution is -2.30. The van der Waals surface area contributed by atoms with E-state index in [4.69, 9.17) is 0 Å². The van der Waals surface area contributed by atoms with Crippen LogP contribution in [0.2, 0.25) is 0 Å². The molecule has 1 aliphatic carbocycles. The van der Waals surface area contributed by atoms with Crippen molar-refractivity contribution in [2.24, 2.45) is 0 Å². The van der Waals surface area contributed by atoms with E-state index >= 15 is 0 Å². The van der Waals surface area contributed by atoms with Crippen LogP contribution >= 0.6 is 11.3 Å². The second-order valence-electron chi connectivity index (χ2n) is 6.84. The lowest BCUT2D eigenvalue weighted by molar-refractivity contribution is 0.251. The Balaban J connectivity index is 1.28. The van der Waals surface area contributed by atoms with Crippen LogP contribution in [0.15, 0.2) is 66.0 Å². The van der Waals surface area contributed by atoms with Gasteiger partial charge in [0.1, 0.15) is 0 Å².